The zero-order chi connectivity index (χ0) is 12.7. The first-order valence-corrected chi connectivity index (χ1v) is 6.63. The summed E-state index contributed by atoms with van der Waals surface area (Å²) >= 11 is 0. The highest BCUT2D eigenvalue weighted by atomic mass is 16.5. The van der Waals surface area contributed by atoms with E-state index in [0.717, 1.165) is 41.7 Å². The van der Waals surface area contributed by atoms with E-state index in [2.05, 4.69) is 5.32 Å². The van der Waals surface area contributed by atoms with Gasteiger partial charge < -0.3 is 10.1 Å². The highest BCUT2D eigenvalue weighted by Crippen LogP contribution is 2.54. The van der Waals surface area contributed by atoms with E-state index in [1.165, 1.54) is 6.42 Å². The normalized spacial score (nSPS) is 28.7. The zero-order valence-electron chi connectivity index (χ0n) is 10.9. The lowest BCUT2D eigenvalue weighted by molar-refractivity contribution is -0.120. The molecule has 1 amide bonds. The van der Waals surface area contributed by atoms with Gasteiger partial charge in [-0.1, -0.05) is 6.07 Å². The van der Waals surface area contributed by atoms with Crippen molar-refractivity contribution in [3.63, 3.8) is 0 Å². The van der Waals surface area contributed by atoms with E-state index in [4.69, 9.17) is 4.74 Å². The maximum Gasteiger partial charge on any atom is 0.227 e. The quantitative estimate of drug-likeness (QED) is 0.889. The third kappa shape index (κ3) is 2.09. The number of benzene rings is 1. The Balaban J connectivity index is 1.66. The first kappa shape index (κ1) is 11.6. The van der Waals surface area contributed by atoms with Crippen molar-refractivity contribution in [1.29, 1.82) is 0 Å². The Morgan fingerprint density at radius 2 is 2.00 bits per heavy atom. The van der Waals surface area contributed by atoms with Crippen LogP contribution in [0.15, 0.2) is 18.2 Å². The van der Waals surface area contributed by atoms with Crippen molar-refractivity contribution in [3.05, 3.63) is 23.8 Å². The minimum atomic E-state index is 0.174. The third-order valence-corrected chi connectivity index (χ3v) is 4.29. The van der Waals surface area contributed by atoms with Crippen LogP contribution >= 0.6 is 0 Å². The van der Waals surface area contributed by atoms with Gasteiger partial charge in [0, 0.05) is 17.7 Å². The van der Waals surface area contributed by atoms with Gasteiger partial charge >= 0.3 is 0 Å². The standard InChI is InChI=1S/C15H19NO2/c1-9-3-4-13(8-14(9)18-2)16-15(17)12-6-10-5-11(10)7-12/h3-4,8,10-12H,5-7H2,1-2H3,(H,16,17)/t10-,11?,12?/m0/s1. The van der Waals surface area contributed by atoms with Gasteiger partial charge in [0.25, 0.3) is 0 Å². The van der Waals surface area contributed by atoms with Crippen molar-refractivity contribution in [2.45, 2.75) is 26.2 Å². The van der Waals surface area contributed by atoms with E-state index in [-0.39, 0.29) is 11.8 Å². The molecule has 0 spiro atoms. The van der Waals surface area contributed by atoms with E-state index in [1.54, 1.807) is 7.11 Å². The van der Waals surface area contributed by atoms with Crippen molar-refractivity contribution >= 4 is 11.6 Å². The molecule has 3 rings (SSSR count). The Hall–Kier alpha value is -1.51. The van der Waals surface area contributed by atoms with Crippen molar-refractivity contribution in [2.75, 3.05) is 12.4 Å². The summed E-state index contributed by atoms with van der Waals surface area (Å²) in [7, 11) is 1.65. The molecule has 3 heteroatoms. The van der Waals surface area contributed by atoms with E-state index >= 15 is 0 Å². The summed E-state index contributed by atoms with van der Waals surface area (Å²) in [6, 6.07) is 5.80. The van der Waals surface area contributed by atoms with E-state index in [0.29, 0.717) is 0 Å². The van der Waals surface area contributed by atoms with Crippen LogP contribution in [0.5, 0.6) is 5.75 Å². The molecule has 0 radical (unpaired) electrons. The average Bonchev–Trinajstić information content (AvgIpc) is 2.98. The van der Waals surface area contributed by atoms with Crippen LogP contribution in [0.1, 0.15) is 24.8 Å². The minimum absolute atomic E-state index is 0.174. The molecule has 0 aliphatic heterocycles. The number of hydrogen-bond donors (Lipinski definition) is 1. The largest absolute Gasteiger partial charge is 0.496 e. The molecule has 1 aromatic rings. The van der Waals surface area contributed by atoms with Crippen LogP contribution < -0.4 is 10.1 Å². The Labute approximate surface area is 108 Å². The first-order valence-electron chi connectivity index (χ1n) is 6.63. The molecule has 1 aromatic carbocycles. The van der Waals surface area contributed by atoms with Gasteiger partial charge in [-0.3, -0.25) is 4.79 Å². The molecule has 2 unspecified atom stereocenters. The molecular weight excluding hydrogens is 226 g/mol. The number of anilines is 1. The van der Waals surface area contributed by atoms with Gasteiger partial charge in [-0.15, -0.1) is 0 Å². The van der Waals surface area contributed by atoms with E-state index in [9.17, 15) is 4.79 Å². The lowest BCUT2D eigenvalue weighted by Crippen LogP contribution is -2.21. The summed E-state index contributed by atoms with van der Waals surface area (Å²) in [5.74, 6) is 2.90. The summed E-state index contributed by atoms with van der Waals surface area (Å²) in [6.07, 6.45) is 3.52. The smallest absolute Gasteiger partial charge is 0.227 e. The predicted molar refractivity (Wildman–Crippen MR) is 70.7 cm³/mol. The van der Waals surface area contributed by atoms with Crippen molar-refractivity contribution in [2.24, 2.45) is 17.8 Å². The SMILES string of the molecule is COc1cc(NC(=O)C2CC3C[C@H]3C2)ccc1C. The minimum Gasteiger partial charge on any atom is -0.496 e. The monoisotopic (exact) mass is 245 g/mol. The van der Waals surface area contributed by atoms with Gasteiger partial charge in [0.05, 0.1) is 7.11 Å². The third-order valence-electron chi connectivity index (χ3n) is 4.29. The average molecular weight is 245 g/mol. The highest BCUT2D eigenvalue weighted by Gasteiger charge is 2.47. The maximum absolute atomic E-state index is 12.1. The number of ether oxygens (including phenoxy) is 1. The fraction of sp³-hybridized carbons (Fsp3) is 0.533. The Morgan fingerprint density at radius 1 is 1.28 bits per heavy atom. The summed E-state index contributed by atoms with van der Waals surface area (Å²) in [6.45, 7) is 1.99. The number of methoxy groups -OCH3 is 1. The van der Waals surface area contributed by atoms with Crippen LogP contribution in [-0.4, -0.2) is 13.0 Å². The van der Waals surface area contributed by atoms with Crippen molar-refractivity contribution in [3.8, 4) is 5.75 Å². The lowest BCUT2D eigenvalue weighted by atomic mass is 10.0. The number of nitrogens with one attached hydrogen (secondary N) is 1. The number of aryl methyl sites for hydroxylation is 1. The summed E-state index contributed by atoms with van der Waals surface area (Å²) < 4.78 is 5.27. The number of amides is 1. The number of rotatable bonds is 3. The second-order valence-corrected chi connectivity index (χ2v) is 5.60. The van der Waals surface area contributed by atoms with Gasteiger partial charge in [-0.05, 0) is 49.7 Å². The van der Waals surface area contributed by atoms with Crippen LogP contribution in [0, 0.1) is 24.7 Å². The number of hydrogen-bond acceptors (Lipinski definition) is 2. The number of carbonyl (C=O) groups is 1. The molecule has 2 aliphatic carbocycles. The van der Waals surface area contributed by atoms with Crippen molar-refractivity contribution < 1.29 is 9.53 Å². The summed E-state index contributed by atoms with van der Waals surface area (Å²) in [5, 5.41) is 3.01. The number of carbonyl (C=O) groups excluding carboxylic acids is 1. The second-order valence-electron chi connectivity index (χ2n) is 5.60. The lowest BCUT2D eigenvalue weighted by Gasteiger charge is -2.13. The molecule has 2 aliphatic rings. The first-order chi connectivity index (χ1) is 8.67. The molecular formula is C15H19NO2. The van der Waals surface area contributed by atoms with Crippen LogP contribution in [0.3, 0.4) is 0 Å². The Kier molecular flexibility index (Phi) is 2.77. The fourth-order valence-corrected chi connectivity index (χ4v) is 3.07. The molecule has 96 valence electrons. The molecule has 3 atom stereocenters. The molecule has 18 heavy (non-hydrogen) atoms. The van der Waals surface area contributed by atoms with Crippen LogP contribution in [0.25, 0.3) is 0 Å². The van der Waals surface area contributed by atoms with Crippen LogP contribution in [-0.2, 0) is 4.79 Å². The topological polar surface area (TPSA) is 38.3 Å². The van der Waals surface area contributed by atoms with E-state index < -0.39 is 0 Å². The highest BCUT2D eigenvalue weighted by molar-refractivity contribution is 5.93. The molecule has 0 heterocycles. The molecule has 1 N–H and O–H groups in total. The molecule has 2 fully saturated rings. The summed E-state index contributed by atoms with van der Waals surface area (Å²) in [4.78, 5) is 12.1. The van der Waals surface area contributed by atoms with Gasteiger partial charge in [0.2, 0.25) is 5.91 Å². The van der Waals surface area contributed by atoms with Crippen LogP contribution in [0.4, 0.5) is 5.69 Å². The maximum atomic E-state index is 12.1. The van der Waals surface area contributed by atoms with Crippen LogP contribution in [0.2, 0.25) is 0 Å². The molecule has 2 saturated carbocycles. The molecule has 0 bridgehead atoms. The number of fused-ring (bicyclic) bond motifs is 1. The predicted octanol–water partition coefficient (Wildman–Crippen LogP) is 2.99. The molecule has 0 aromatic heterocycles. The second kappa shape index (κ2) is 4.30. The van der Waals surface area contributed by atoms with Gasteiger partial charge in [0.1, 0.15) is 5.75 Å². The zero-order valence-corrected chi connectivity index (χ0v) is 10.9. The van der Waals surface area contributed by atoms with E-state index in [1.807, 2.05) is 25.1 Å². The van der Waals surface area contributed by atoms with Gasteiger partial charge in [0.15, 0.2) is 0 Å². The molecule has 3 nitrogen and oxygen atoms in total. The van der Waals surface area contributed by atoms with Gasteiger partial charge in [-0.25, -0.2) is 0 Å². The Bertz CT molecular complexity index is 473. The molecule has 0 saturated heterocycles. The van der Waals surface area contributed by atoms with Crippen molar-refractivity contribution in [1.82, 2.24) is 0 Å². The Morgan fingerprint density at radius 3 is 2.67 bits per heavy atom. The summed E-state index contributed by atoms with van der Waals surface area (Å²) in [5.41, 5.74) is 1.92. The fourth-order valence-electron chi connectivity index (χ4n) is 3.07. The van der Waals surface area contributed by atoms with Gasteiger partial charge in [-0.2, -0.15) is 0 Å².